The van der Waals surface area contributed by atoms with Gasteiger partial charge in [0.2, 0.25) is 0 Å². The molecule has 1 aromatic carbocycles. The molecular weight excluding hydrogens is 357 g/mol. The number of carbonyl (C=O) groups excluding carboxylic acids is 3. The SMILES string of the molecule is CN1C(=O)CN(NC(=O)c2ccc(-c3cc(Cl)cc(Cl)c3)o2)C1=O. The Bertz CT molecular complexity index is 829. The molecule has 0 atom stereocenters. The van der Waals surface area contributed by atoms with Gasteiger partial charge in [0, 0.05) is 22.7 Å². The van der Waals surface area contributed by atoms with Crippen LogP contribution in [0.3, 0.4) is 0 Å². The molecule has 1 saturated heterocycles. The first kappa shape index (κ1) is 16.4. The third-order valence-electron chi connectivity index (χ3n) is 3.40. The minimum Gasteiger partial charge on any atom is -0.451 e. The van der Waals surface area contributed by atoms with Crippen molar-refractivity contribution < 1.29 is 18.8 Å². The van der Waals surface area contributed by atoms with E-state index < -0.39 is 17.8 Å². The smallest absolute Gasteiger partial charge is 0.345 e. The second-order valence-corrected chi connectivity index (χ2v) is 5.96. The van der Waals surface area contributed by atoms with Gasteiger partial charge in [0.05, 0.1) is 0 Å². The molecular formula is C15H11Cl2N3O4. The number of likely N-dealkylation sites (N-methyl/N-ethyl adjacent to an activating group) is 1. The van der Waals surface area contributed by atoms with Crippen LogP contribution in [-0.4, -0.2) is 41.3 Å². The molecule has 4 amide bonds. The van der Waals surface area contributed by atoms with Crippen LogP contribution >= 0.6 is 23.2 Å². The molecule has 2 aromatic rings. The van der Waals surface area contributed by atoms with Crippen molar-refractivity contribution in [1.29, 1.82) is 0 Å². The molecule has 124 valence electrons. The predicted molar refractivity (Wildman–Crippen MR) is 86.5 cm³/mol. The molecule has 0 bridgehead atoms. The highest BCUT2D eigenvalue weighted by molar-refractivity contribution is 6.35. The highest BCUT2D eigenvalue weighted by atomic mass is 35.5. The number of hydrazine groups is 1. The van der Waals surface area contributed by atoms with Crippen molar-refractivity contribution in [1.82, 2.24) is 15.3 Å². The average molecular weight is 368 g/mol. The number of furan rings is 1. The van der Waals surface area contributed by atoms with E-state index in [2.05, 4.69) is 5.43 Å². The molecule has 2 heterocycles. The minimum atomic E-state index is -0.647. The van der Waals surface area contributed by atoms with E-state index in [9.17, 15) is 14.4 Å². The van der Waals surface area contributed by atoms with Gasteiger partial charge in [0.25, 0.3) is 5.91 Å². The summed E-state index contributed by atoms with van der Waals surface area (Å²) in [5.74, 6) is -0.679. The molecule has 7 nitrogen and oxygen atoms in total. The minimum absolute atomic E-state index is 0.0177. The summed E-state index contributed by atoms with van der Waals surface area (Å²) < 4.78 is 5.47. The molecule has 0 unspecified atom stereocenters. The molecule has 1 N–H and O–H groups in total. The van der Waals surface area contributed by atoms with Gasteiger partial charge in [-0.15, -0.1) is 0 Å². The molecule has 0 spiro atoms. The lowest BCUT2D eigenvalue weighted by Gasteiger charge is -2.14. The number of hydrogen-bond donors (Lipinski definition) is 1. The Kier molecular flexibility index (Phi) is 4.21. The van der Waals surface area contributed by atoms with E-state index in [-0.39, 0.29) is 12.3 Å². The maximum absolute atomic E-state index is 12.2. The molecule has 1 aromatic heterocycles. The van der Waals surface area contributed by atoms with Crippen LogP contribution < -0.4 is 5.43 Å². The average Bonchev–Trinajstić information content (AvgIpc) is 3.09. The monoisotopic (exact) mass is 367 g/mol. The van der Waals surface area contributed by atoms with Gasteiger partial charge in [0.1, 0.15) is 12.3 Å². The van der Waals surface area contributed by atoms with Crippen LogP contribution in [0.15, 0.2) is 34.7 Å². The summed E-state index contributed by atoms with van der Waals surface area (Å²) in [6.45, 7) is -0.224. The summed E-state index contributed by atoms with van der Waals surface area (Å²) in [5.41, 5.74) is 2.94. The zero-order chi connectivity index (χ0) is 17.4. The quantitative estimate of drug-likeness (QED) is 0.845. The summed E-state index contributed by atoms with van der Waals surface area (Å²) in [6, 6.07) is 7.29. The predicted octanol–water partition coefficient (Wildman–Crippen LogP) is 2.79. The summed E-state index contributed by atoms with van der Waals surface area (Å²) in [6.07, 6.45) is 0. The molecule has 9 heteroatoms. The van der Waals surface area contributed by atoms with Crippen LogP contribution in [0.4, 0.5) is 4.79 Å². The van der Waals surface area contributed by atoms with E-state index in [1.165, 1.54) is 13.1 Å². The lowest BCUT2D eigenvalue weighted by atomic mass is 10.2. The number of halogens is 2. The van der Waals surface area contributed by atoms with Crippen LogP contribution in [-0.2, 0) is 4.79 Å². The van der Waals surface area contributed by atoms with Gasteiger partial charge in [-0.3, -0.25) is 19.9 Å². The Morgan fingerprint density at radius 2 is 1.83 bits per heavy atom. The Morgan fingerprint density at radius 3 is 2.42 bits per heavy atom. The van der Waals surface area contributed by atoms with E-state index in [0.29, 0.717) is 21.4 Å². The Morgan fingerprint density at radius 1 is 1.17 bits per heavy atom. The Labute approximate surface area is 146 Å². The topological polar surface area (TPSA) is 82.9 Å². The van der Waals surface area contributed by atoms with Gasteiger partial charge in [-0.1, -0.05) is 23.2 Å². The van der Waals surface area contributed by atoms with Gasteiger partial charge in [-0.25, -0.2) is 9.80 Å². The molecule has 1 aliphatic heterocycles. The normalized spacial score (nSPS) is 14.5. The molecule has 1 aliphatic rings. The molecule has 1 fully saturated rings. The molecule has 0 aliphatic carbocycles. The van der Waals surface area contributed by atoms with Crippen molar-refractivity contribution in [2.45, 2.75) is 0 Å². The first-order valence-electron chi connectivity index (χ1n) is 6.80. The van der Waals surface area contributed by atoms with E-state index >= 15 is 0 Å². The van der Waals surface area contributed by atoms with Crippen molar-refractivity contribution in [2.75, 3.05) is 13.6 Å². The number of nitrogens with one attached hydrogen (secondary N) is 1. The summed E-state index contributed by atoms with van der Waals surface area (Å²) >= 11 is 11.9. The number of amides is 4. The van der Waals surface area contributed by atoms with E-state index in [1.807, 2.05) is 0 Å². The van der Waals surface area contributed by atoms with E-state index in [4.69, 9.17) is 27.6 Å². The highest BCUT2D eigenvalue weighted by Crippen LogP contribution is 2.28. The van der Waals surface area contributed by atoms with E-state index in [0.717, 1.165) is 9.91 Å². The second-order valence-electron chi connectivity index (χ2n) is 5.08. The molecule has 0 radical (unpaired) electrons. The molecule has 3 rings (SSSR count). The number of urea groups is 1. The van der Waals surface area contributed by atoms with Crippen molar-refractivity contribution in [2.24, 2.45) is 0 Å². The van der Waals surface area contributed by atoms with Crippen LogP contribution in [0, 0.1) is 0 Å². The largest absolute Gasteiger partial charge is 0.451 e. The second kappa shape index (κ2) is 6.18. The number of rotatable bonds is 3. The van der Waals surface area contributed by atoms with Crippen molar-refractivity contribution in [3.05, 3.63) is 46.1 Å². The molecule has 24 heavy (non-hydrogen) atoms. The van der Waals surface area contributed by atoms with Gasteiger partial charge >= 0.3 is 11.9 Å². The zero-order valence-corrected chi connectivity index (χ0v) is 13.9. The fourth-order valence-electron chi connectivity index (χ4n) is 2.17. The highest BCUT2D eigenvalue weighted by Gasteiger charge is 2.34. The van der Waals surface area contributed by atoms with Gasteiger partial charge in [-0.2, -0.15) is 0 Å². The number of carbonyl (C=O) groups is 3. The summed E-state index contributed by atoms with van der Waals surface area (Å²) in [5, 5.41) is 1.79. The van der Waals surface area contributed by atoms with Gasteiger partial charge in [0.15, 0.2) is 5.76 Å². The van der Waals surface area contributed by atoms with Crippen molar-refractivity contribution in [3.63, 3.8) is 0 Å². The van der Waals surface area contributed by atoms with Crippen LogP contribution in [0.25, 0.3) is 11.3 Å². The first-order chi connectivity index (χ1) is 11.3. The Hall–Kier alpha value is -2.51. The van der Waals surface area contributed by atoms with Crippen molar-refractivity contribution >= 4 is 41.0 Å². The standard InChI is InChI=1S/C15H11Cl2N3O4/c1-19-13(21)7-20(15(19)23)18-14(22)12-3-2-11(24-12)8-4-9(16)6-10(17)5-8/h2-6H,7H2,1H3,(H,18,22). The van der Waals surface area contributed by atoms with Gasteiger partial charge in [-0.05, 0) is 30.3 Å². The maximum atomic E-state index is 12.2. The fraction of sp³-hybridized carbons (Fsp3) is 0.133. The van der Waals surface area contributed by atoms with E-state index in [1.54, 1.807) is 24.3 Å². The van der Waals surface area contributed by atoms with Crippen molar-refractivity contribution in [3.8, 4) is 11.3 Å². The van der Waals surface area contributed by atoms with Crippen LogP contribution in [0.2, 0.25) is 10.0 Å². The number of hydrogen-bond acceptors (Lipinski definition) is 4. The number of benzene rings is 1. The number of nitrogens with zero attached hydrogens (tertiary/aromatic N) is 2. The third-order valence-corrected chi connectivity index (χ3v) is 3.84. The Balaban J connectivity index is 1.77. The summed E-state index contributed by atoms with van der Waals surface area (Å²) in [7, 11) is 1.34. The zero-order valence-electron chi connectivity index (χ0n) is 12.4. The first-order valence-corrected chi connectivity index (χ1v) is 7.56. The van der Waals surface area contributed by atoms with Crippen LogP contribution in [0.5, 0.6) is 0 Å². The maximum Gasteiger partial charge on any atom is 0.345 e. The third kappa shape index (κ3) is 3.08. The number of imide groups is 1. The van der Waals surface area contributed by atoms with Gasteiger partial charge < -0.3 is 4.42 Å². The van der Waals surface area contributed by atoms with Crippen LogP contribution in [0.1, 0.15) is 10.6 Å². The molecule has 0 saturated carbocycles. The fourth-order valence-corrected chi connectivity index (χ4v) is 2.70. The summed E-state index contributed by atoms with van der Waals surface area (Å²) in [4.78, 5) is 36.2. The lowest BCUT2D eigenvalue weighted by molar-refractivity contribution is -0.124. The lowest BCUT2D eigenvalue weighted by Crippen LogP contribution is -2.44.